The Bertz CT molecular complexity index is 355. The van der Waals surface area contributed by atoms with Crippen LogP contribution in [-0.4, -0.2) is 4.98 Å². The van der Waals surface area contributed by atoms with E-state index in [2.05, 4.69) is 17.2 Å². The molecule has 0 fully saturated rings. The van der Waals surface area contributed by atoms with Crippen molar-refractivity contribution in [2.24, 2.45) is 0 Å². The molecule has 0 bridgehead atoms. The predicted octanol–water partition coefficient (Wildman–Crippen LogP) is 2.59. The number of thiazole rings is 1. The van der Waals surface area contributed by atoms with E-state index in [9.17, 15) is 0 Å². The fourth-order valence-corrected chi connectivity index (χ4v) is 1.78. The zero-order chi connectivity index (χ0) is 9.80. The van der Waals surface area contributed by atoms with E-state index >= 15 is 0 Å². The molecule has 2 rings (SSSR count). The Morgan fingerprint density at radius 3 is 3.21 bits per heavy atom. The number of rotatable bonds is 4. The Hall–Kier alpha value is -1.13. The quantitative estimate of drug-likeness (QED) is 0.839. The average molecular weight is 208 g/mol. The minimum Gasteiger partial charge on any atom is -0.468 e. The molecule has 1 atom stereocenters. The molecule has 2 heterocycles. The van der Waals surface area contributed by atoms with Crippen molar-refractivity contribution in [3.63, 3.8) is 0 Å². The first-order valence-corrected chi connectivity index (χ1v) is 5.44. The van der Waals surface area contributed by atoms with Crippen molar-refractivity contribution in [3.8, 4) is 0 Å². The lowest BCUT2D eigenvalue weighted by Crippen LogP contribution is -2.17. The van der Waals surface area contributed by atoms with Crippen LogP contribution >= 0.6 is 11.3 Å². The van der Waals surface area contributed by atoms with Crippen molar-refractivity contribution < 1.29 is 4.42 Å². The largest absolute Gasteiger partial charge is 0.468 e. The molecule has 14 heavy (non-hydrogen) atoms. The van der Waals surface area contributed by atoms with Gasteiger partial charge in [-0.3, -0.25) is 0 Å². The summed E-state index contributed by atoms with van der Waals surface area (Å²) in [5.74, 6) is 0.959. The highest BCUT2D eigenvalue weighted by Crippen LogP contribution is 2.12. The second-order valence-electron chi connectivity index (χ2n) is 3.10. The van der Waals surface area contributed by atoms with E-state index < -0.39 is 0 Å². The molecular formula is C10H12N2OS. The maximum Gasteiger partial charge on any atom is 0.120 e. The Balaban J connectivity index is 1.87. The lowest BCUT2D eigenvalue weighted by molar-refractivity contribution is 0.429. The molecule has 3 nitrogen and oxygen atoms in total. The summed E-state index contributed by atoms with van der Waals surface area (Å²) in [5, 5.41) is 5.38. The molecule has 0 aliphatic heterocycles. The maximum atomic E-state index is 5.28. The van der Waals surface area contributed by atoms with E-state index in [1.807, 2.05) is 23.0 Å². The second-order valence-corrected chi connectivity index (χ2v) is 3.82. The molecule has 0 unspecified atom stereocenters. The fourth-order valence-electron chi connectivity index (χ4n) is 1.22. The van der Waals surface area contributed by atoms with Crippen LogP contribution in [0.5, 0.6) is 0 Å². The standard InChI is InChI=1S/C10H12N2OS/c1-8(10-3-2-4-13-10)11-5-9-6-14-7-12-9/h2-4,6-8,11H,5H2,1H3/t8-/m0/s1. The van der Waals surface area contributed by atoms with Gasteiger partial charge in [-0.05, 0) is 19.1 Å². The van der Waals surface area contributed by atoms with Gasteiger partial charge >= 0.3 is 0 Å². The van der Waals surface area contributed by atoms with Crippen molar-refractivity contribution >= 4 is 11.3 Å². The van der Waals surface area contributed by atoms with Crippen molar-refractivity contribution in [1.29, 1.82) is 0 Å². The van der Waals surface area contributed by atoms with Crippen molar-refractivity contribution in [3.05, 3.63) is 40.7 Å². The lowest BCUT2D eigenvalue weighted by atomic mass is 10.2. The third-order valence-electron chi connectivity index (χ3n) is 2.04. The first-order valence-electron chi connectivity index (χ1n) is 4.50. The second kappa shape index (κ2) is 4.39. The molecule has 0 saturated carbocycles. The van der Waals surface area contributed by atoms with Crippen LogP contribution in [0.1, 0.15) is 24.4 Å². The molecule has 0 spiro atoms. The molecule has 0 radical (unpaired) electrons. The van der Waals surface area contributed by atoms with E-state index in [1.54, 1.807) is 17.6 Å². The molecule has 74 valence electrons. The van der Waals surface area contributed by atoms with Gasteiger partial charge in [0, 0.05) is 11.9 Å². The van der Waals surface area contributed by atoms with Gasteiger partial charge in [0.05, 0.1) is 23.5 Å². The molecule has 0 aliphatic carbocycles. The van der Waals surface area contributed by atoms with Crippen LogP contribution in [0.4, 0.5) is 0 Å². The summed E-state index contributed by atoms with van der Waals surface area (Å²) in [6.07, 6.45) is 1.69. The van der Waals surface area contributed by atoms with Gasteiger partial charge in [-0.1, -0.05) is 0 Å². The Labute approximate surface area is 86.8 Å². The highest BCUT2D eigenvalue weighted by molar-refractivity contribution is 7.07. The van der Waals surface area contributed by atoms with Gasteiger partial charge in [0.25, 0.3) is 0 Å². The van der Waals surface area contributed by atoms with Crippen molar-refractivity contribution in [2.75, 3.05) is 0 Å². The van der Waals surface area contributed by atoms with Gasteiger partial charge in [0.1, 0.15) is 5.76 Å². The smallest absolute Gasteiger partial charge is 0.120 e. The Kier molecular flexibility index (Phi) is 2.96. The van der Waals surface area contributed by atoms with Gasteiger partial charge < -0.3 is 9.73 Å². The van der Waals surface area contributed by atoms with Gasteiger partial charge in [0.15, 0.2) is 0 Å². The molecule has 0 amide bonds. The number of nitrogens with zero attached hydrogens (tertiary/aromatic N) is 1. The summed E-state index contributed by atoms with van der Waals surface area (Å²) in [6, 6.07) is 4.10. The number of hydrogen-bond donors (Lipinski definition) is 1. The van der Waals surface area contributed by atoms with Crippen LogP contribution in [-0.2, 0) is 6.54 Å². The SMILES string of the molecule is C[C@H](NCc1cscn1)c1ccco1. The fraction of sp³-hybridized carbons (Fsp3) is 0.300. The number of furan rings is 1. The summed E-state index contributed by atoms with van der Waals surface area (Å²) in [7, 11) is 0. The van der Waals surface area contributed by atoms with E-state index in [1.165, 1.54) is 0 Å². The summed E-state index contributed by atoms with van der Waals surface area (Å²) < 4.78 is 5.28. The molecule has 0 aromatic carbocycles. The Morgan fingerprint density at radius 2 is 2.57 bits per heavy atom. The number of nitrogens with one attached hydrogen (secondary N) is 1. The summed E-state index contributed by atoms with van der Waals surface area (Å²) in [6.45, 7) is 2.86. The minimum absolute atomic E-state index is 0.228. The molecule has 0 saturated heterocycles. The topological polar surface area (TPSA) is 38.1 Å². The van der Waals surface area contributed by atoms with Crippen molar-refractivity contribution in [2.45, 2.75) is 19.5 Å². The molecule has 0 aliphatic rings. The number of hydrogen-bond acceptors (Lipinski definition) is 4. The summed E-state index contributed by atoms with van der Waals surface area (Å²) in [4.78, 5) is 4.19. The van der Waals surface area contributed by atoms with Gasteiger partial charge in [-0.2, -0.15) is 0 Å². The zero-order valence-corrected chi connectivity index (χ0v) is 8.75. The lowest BCUT2D eigenvalue weighted by Gasteiger charge is -2.09. The van der Waals surface area contributed by atoms with Crippen LogP contribution in [0.25, 0.3) is 0 Å². The van der Waals surface area contributed by atoms with Crippen LogP contribution in [0.3, 0.4) is 0 Å². The molecular weight excluding hydrogens is 196 g/mol. The monoisotopic (exact) mass is 208 g/mol. The van der Waals surface area contributed by atoms with E-state index in [0.29, 0.717) is 0 Å². The van der Waals surface area contributed by atoms with Gasteiger partial charge in [0.2, 0.25) is 0 Å². The Morgan fingerprint density at radius 1 is 1.64 bits per heavy atom. The van der Waals surface area contributed by atoms with E-state index in [4.69, 9.17) is 4.42 Å². The molecule has 2 aromatic heterocycles. The van der Waals surface area contributed by atoms with Crippen LogP contribution < -0.4 is 5.32 Å². The normalized spacial score (nSPS) is 12.9. The van der Waals surface area contributed by atoms with Gasteiger partial charge in [-0.25, -0.2) is 4.98 Å². The number of aromatic nitrogens is 1. The highest BCUT2D eigenvalue weighted by Gasteiger charge is 2.07. The van der Waals surface area contributed by atoms with Gasteiger partial charge in [-0.15, -0.1) is 11.3 Å². The third kappa shape index (κ3) is 2.21. The van der Waals surface area contributed by atoms with Crippen LogP contribution in [0.2, 0.25) is 0 Å². The molecule has 1 N–H and O–H groups in total. The molecule has 2 aromatic rings. The zero-order valence-electron chi connectivity index (χ0n) is 7.93. The first kappa shape index (κ1) is 9.43. The third-order valence-corrected chi connectivity index (χ3v) is 2.68. The maximum absolute atomic E-state index is 5.28. The first-order chi connectivity index (χ1) is 6.86. The summed E-state index contributed by atoms with van der Waals surface area (Å²) >= 11 is 1.61. The van der Waals surface area contributed by atoms with Crippen LogP contribution in [0.15, 0.2) is 33.7 Å². The predicted molar refractivity (Wildman–Crippen MR) is 56.1 cm³/mol. The summed E-state index contributed by atoms with van der Waals surface area (Å²) in [5.41, 5.74) is 2.92. The van der Waals surface area contributed by atoms with E-state index in [-0.39, 0.29) is 6.04 Å². The molecule has 4 heteroatoms. The highest BCUT2D eigenvalue weighted by atomic mass is 32.1. The van der Waals surface area contributed by atoms with E-state index in [0.717, 1.165) is 18.0 Å². The minimum atomic E-state index is 0.228. The van der Waals surface area contributed by atoms with Crippen LogP contribution in [0, 0.1) is 0 Å². The van der Waals surface area contributed by atoms with Crippen molar-refractivity contribution in [1.82, 2.24) is 10.3 Å². The average Bonchev–Trinajstić information content (AvgIpc) is 2.87.